The number of carbonyl (C=O) groups is 1. The summed E-state index contributed by atoms with van der Waals surface area (Å²) in [5.41, 5.74) is 2.30. The molecule has 144 valence electrons. The van der Waals surface area contributed by atoms with E-state index in [4.69, 9.17) is 0 Å². The van der Waals surface area contributed by atoms with E-state index in [9.17, 15) is 4.79 Å². The lowest BCUT2D eigenvalue weighted by atomic mass is 10.1. The van der Waals surface area contributed by atoms with Crippen molar-refractivity contribution in [2.75, 3.05) is 31.1 Å². The van der Waals surface area contributed by atoms with Crippen LogP contribution < -0.4 is 15.5 Å². The van der Waals surface area contributed by atoms with Gasteiger partial charge in [0, 0.05) is 25.8 Å². The van der Waals surface area contributed by atoms with Crippen LogP contribution in [0.2, 0.25) is 0 Å². The van der Waals surface area contributed by atoms with Crippen LogP contribution in [0.15, 0.2) is 18.3 Å². The van der Waals surface area contributed by atoms with Crippen LogP contribution in [0, 0.1) is 6.92 Å². The molecule has 1 amide bonds. The monoisotopic (exact) mass is 369 g/mol. The summed E-state index contributed by atoms with van der Waals surface area (Å²) in [6.45, 7) is 6.46. The lowest BCUT2D eigenvalue weighted by molar-refractivity contribution is 0.0945. The molecule has 4 heterocycles. The predicted octanol–water partition coefficient (Wildman–Crippen LogP) is 1.44. The molecule has 0 unspecified atom stereocenters. The Morgan fingerprint density at radius 3 is 2.85 bits per heavy atom. The molecule has 0 spiro atoms. The molecule has 8 heteroatoms. The lowest BCUT2D eigenvalue weighted by Gasteiger charge is -2.23. The fourth-order valence-electron chi connectivity index (χ4n) is 3.90. The molecule has 2 N–H and O–H groups in total. The Bertz CT molecular complexity index is 791. The fourth-order valence-corrected chi connectivity index (χ4v) is 3.90. The summed E-state index contributed by atoms with van der Waals surface area (Å²) in [6, 6.07) is 4.33. The van der Waals surface area contributed by atoms with Crippen LogP contribution in [-0.2, 0) is 6.54 Å². The van der Waals surface area contributed by atoms with Gasteiger partial charge in [0.1, 0.15) is 5.82 Å². The second-order valence-electron chi connectivity index (χ2n) is 7.35. The van der Waals surface area contributed by atoms with Crippen molar-refractivity contribution < 1.29 is 4.79 Å². The van der Waals surface area contributed by atoms with Crippen molar-refractivity contribution in [3.63, 3.8) is 0 Å². The molecule has 4 rings (SSSR count). The Kier molecular flexibility index (Phi) is 5.33. The third-order valence-corrected chi connectivity index (χ3v) is 5.49. The Morgan fingerprint density at radius 2 is 2.07 bits per heavy atom. The second kappa shape index (κ2) is 8.04. The number of nitrogens with zero attached hydrogens (tertiary/aromatic N) is 5. The van der Waals surface area contributed by atoms with Gasteiger partial charge in [-0.3, -0.25) is 4.79 Å². The minimum atomic E-state index is -0.174. The van der Waals surface area contributed by atoms with Crippen LogP contribution in [-0.4, -0.2) is 52.1 Å². The average molecular weight is 369 g/mol. The van der Waals surface area contributed by atoms with Gasteiger partial charge in [-0.1, -0.05) is 5.21 Å². The summed E-state index contributed by atoms with van der Waals surface area (Å²) in [5, 5.41) is 14.7. The zero-order chi connectivity index (χ0) is 18.6. The van der Waals surface area contributed by atoms with E-state index in [-0.39, 0.29) is 5.91 Å². The summed E-state index contributed by atoms with van der Waals surface area (Å²) in [5.74, 6) is 0.819. The first-order chi connectivity index (χ1) is 13.2. The standard InChI is InChI=1S/C19H27N7O/c1-14-18(23-24-26(14)16-5-7-20-8-6-16)19(27)22-13-15-4-9-21-17(12-15)25-10-2-3-11-25/h4,9,12,16,20H,2-3,5-8,10-11,13H2,1H3,(H,22,27). The van der Waals surface area contributed by atoms with E-state index in [0.717, 1.165) is 56.1 Å². The lowest BCUT2D eigenvalue weighted by Crippen LogP contribution is -2.30. The molecular formula is C19H27N7O. The minimum Gasteiger partial charge on any atom is -0.357 e. The van der Waals surface area contributed by atoms with E-state index < -0.39 is 0 Å². The molecule has 2 aromatic heterocycles. The topological polar surface area (TPSA) is 88.0 Å². The molecule has 2 aliphatic rings. The molecule has 2 fully saturated rings. The van der Waals surface area contributed by atoms with E-state index in [1.807, 2.05) is 23.9 Å². The Balaban J connectivity index is 1.39. The fraction of sp³-hybridized carbons (Fsp3) is 0.579. The summed E-state index contributed by atoms with van der Waals surface area (Å²) in [4.78, 5) is 19.4. The Hall–Kier alpha value is -2.48. The van der Waals surface area contributed by atoms with Crippen molar-refractivity contribution in [1.82, 2.24) is 30.6 Å². The first kappa shape index (κ1) is 17.9. The van der Waals surface area contributed by atoms with Crippen molar-refractivity contribution >= 4 is 11.7 Å². The van der Waals surface area contributed by atoms with Crippen molar-refractivity contribution in [3.05, 3.63) is 35.3 Å². The van der Waals surface area contributed by atoms with Crippen LogP contribution in [0.5, 0.6) is 0 Å². The molecule has 2 saturated heterocycles. The van der Waals surface area contributed by atoms with Crippen molar-refractivity contribution in [3.8, 4) is 0 Å². The molecule has 8 nitrogen and oxygen atoms in total. The number of nitrogens with one attached hydrogen (secondary N) is 2. The van der Waals surface area contributed by atoms with E-state index in [1.54, 1.807) is 0 Å². The number of aromatic nitrogens is 4. The summed E-state index contributed by atoms with van der Waals surface area (Å²) in [6.07, 6.45) is 6.28. The van der Waals surface area contributed by atoms with Crippen molar-refractivity contribution in [2.45, 2.75) is 45.2 Å². The van der Waals surface area contributed by atoms with Gasteiger partial charge in [0.05, 0.1) is 11.7 Å². The van der Waals surface area contributed by atoms with Gasteiger partial charge < -0.3 is 15.5 Å². The molecule has 27 heavy (non-hydrogen) atoms. The maximum Gasteiger partial charge on any atom is 0.274 e. The van der Waals surface area contributed by atoms with Gasteiger partial charge in [-0.25, -0.2) is 9.67 Å². The largest absolute Gasteiger partial charge is 0.357 e. The SMILES string of the molecule is Cc1c(C(=O)NCc2ccnc(N3CCCC3)c2)nnn1C1CCNCC1. The first-order valence-electron chi connectivity index (χ1n) is 9.83. The highest BCUT2D eigenvalue weighted by molar-refractivity contribution is 5.93. The van der Waals surface area contributed by atoms with Gasteiger partial charge in [-0.2, -0.15) is 0 Å². The summed E-state index contributed by atoms with van der Waals surface area (Å²) in [7, 11) is 0. The van der Waals surface area contributed by atoms with Gasteiger partial charge >= 0.3 is 0 Å². The number of pyridine rings is 1. The average Bonchev–Trinajstić information content (AvgIpc) is 3.37. The smallest absolute Gasteiger partial charge is 0.274 e. The van der Waals surface area contributed by atoms with E-state index >= 15 is 0 Å². The molecule has 0 radical (unpaired) electrons. The first-order valence-corrected chi connectivity index (χ1v) is 9.83. The Labute approximate surface area is 159 Å². The minimum absolute atomic E-state index is 0.174. The maximum atomic E-state index is 12.6. The second-order valence-corrected chi connectivity index (χ2v) is 7.35. The molecule has 0 atom stereocenters. The highest BCUT2D eigenvalue weighted by Crippen LogP contribution is 2.21. The van der Waals surface area contributed by atoms with Crippen molar-refractivity contribution in [2.24, 2.45) is 0 Å². The highest BCUT2D eigenvalue weighted by atomic mass is 16.2. The van der Waals surface area contributed by atoms with Gasteiger partial charge in [-0.05, 0) is 63.4 Å². The highest BCUT2D eigenvalue weighted by Gasteiger charge is 2.23. The third-order valence-electron chi connectivity index (χ3n) is 5.49. The number of hydrogen-bond acceptors (Lipinski definition) is 6. The van der Waals surface area contributed by atoms with Crippen LogP contribution in [0.3, 0.4) is 0 Å². The number of piperidine rings is 1. The Morgan fingerprint density at radius 1 is 1.30 bits per heavy atom. The van der Waals surface area contributed by atoms with Crippen LogP contribution in [0.4, 0.5) is 5.82 Å². The van der Waals surface area contributed by atoms with Crippen LogP contribution in [0.1, 0.15) is 53.5 Å². The zero-order valence-corrected chi connectivity index (χ0v) is 15.8. The van der Waals surface area contributed by atoms with Gasteiger partial charge in [0.2, 0.25) is 0 Å². The normalized spacial score (nSPS) is 18.0. The molecule has 2 aliphatic heterocycles. The van der Waals surface area contributed by atoms with E-state index in [0.29, 0.717) is 18.3 Å². The van der Waals surface area contributed by atoms with Gasteiger partial charge in [-0.15, -0.1) is 5.10 Å². The van der Waals surface area contributed by atoms with Crippen molar-refractivity contribution in [1.29, 1.82) is 0 Å². The number of carbonyl (C=O) groups excluding carboxylic acids is 1. The summed E-state index contributed by atoms with van der Waals surface area (Å²) < 4.78 is 1.91. The van der Waals surface area contributed by atoms with Crippen LogP contribution in [0.25, 0.3) is 0 Å². The van der Waals surface area contributed by atoms with Gasteiger partial charge in [0.15, 0.2) is 5.69 Å². The molecule has 0 aromatic carbocycles. The van der Waals surface area contributed by atoms with Gasteiger partial charge in [0.25, 0.3) is 5.91 Å². The molecule has 2 aromatic rings. The maximum absolute atomic E-state index is 12.6. The number of amides is 1. The molecule has 0 saturated carbocycles. The number of rotatable bonds is 5. The zero-order valence-electron chi connectivity index (χ0n) is 15.8. The quantitative estimate of drug-likeness (QED) is 0.829. The molecular weight excluding hydrogens is 342 g/mol. The number of hydrogen-bond donors (Lipinski definition) is 2. The molecule has 0 bridgehead atoms. The van der Waals surface area contributed by atoms with E-state index in [2.05, 4.69) is 36.9 Å². The number of anilines is 1. The van der Waals surface area contributed by atoms with E-state index in [1.165, 1.54) is 12.8 Å². The summed E-state index contributed by atoms with van der Waals surface area (Å²) >= 11 is 0. The van der Waals surface area contributed by atoms with Crippen LogP contribution >= 0.6 is 0 Å². The third kappa shape index (κ3) is 3.95. The predicted molar refractivity (Wildman–Crippen MR) is 103 cm³/mol. The molecule has 0 aliphatic carbocycles.